The monoisotopic (exact) mass is 431 g/mol. The molecule has 0 saturated carbocycles. The molecule has 2 amide bonds. The van der Waals surface area contributed by atoms with Crippen LogP contribution in [0, 0.1) is 0 Å². The number of carbonyl (C=O) groups excluding carboxylic acids is 2. The van der Waals surface area contributed by atoms with Gasteiger partial charge >= 0.3 is 0 Å². The van der Waals surface area contributed by atoms with Crippen molar-refractivity contribution in [2.75, 3.05) is 20.8 Å². The molecule has 1 heterocycles. The van der Waals surface area contributed by atoms with Gasteiger partial charge in [0.05, 0.1) is 32.0 Å². The predicted octanol–water partition coefficient (Wildman–Crippen LogP) is 3.45. The molecule has 0 saturated heterocycles. The summed E-state index contributed by atoms with van der Waals surface area (Å²) in [4.78, 5) is 24.6. The maximum absolute atomic E-state index is 12.3. The first-order valence-electron chi connectivity index (χ1n) is 8.52. The molecule has 150 valence electrons. The molecule has 0 radical (unpaired) electrons. The van der Waals surface area contributed by atoms with Crippen LogP contribution in [0.4, 0.5) is 0 Å². The van der Waals surface area contributed by atoms with Gasteiger partial charge in [0.1, 0.15) is 4.88 Å². The van der Waals surface area contributed by atoms with Crippen molar-refractivity contribution < 1.29 is 19.1 Å². The number of fused-ring (bicyclic) bond motifs is 1. The Bertz CT molecular complexity index is 1080. The minimum Gasteiger partial charge on any atom is -0.493 e. The van der Waals surface area contributed by atoms with Gasteiger partial charge in [-0.3, -0.25) is 9.59 Å². The number of rotatable bonds is 7. The van der Waals surface area contributed by atoms with Gasteiger partial charge in [-0.15, -0.1) is 11.3 Å². The van der Waals surface area contributed by atoms with E-state index in [4.69, 9.17) is 21.1 Å². The molecular weight excluding hydrogens is 414 g/mol. The summed E-state index contributed by atoms with van der Waals surface area (Å²) in [5, 5.41) is 7.62. The molecule has 2 N–H and O–H groups in total. The molecule has 0 unspecified atom stereocenters. The van der Waals surface area contributed by atoms with E-state index in [1.165, 1.54) is 24.7 Å². The van der Waals surface area contributed by atoms with Crippen molar-refractivity contribution in [1.29, 1.82) is 0 Å². The molecule has 0 bridgehead atoms. The average Bonchev–Trinajstić information content (AvgIpc) is 3.08. The van der Waals surface area contributed by atoms with Crippen LogP contribution < -0.4 is 20.2 Å². The van der Waals surface area contributed by atoms with Crippen LogP contribution in [0.3, 0.4) is 0 Å². The molecule has 7 nitrogen and oxygen atoms in total. The van der Waals surface area contributed by atoms with Crippen molar-refractivity contribution in [3.05, 3.63) is 57.9 Å². The molecule has 0 atom stereocenters. The van der Waals surface area contributed by atoms with Gasteiger partial charge in [0.2, 0.25) is 0 Å². The van der Waals surface area contributed by atoms with Gasteiger partial charge in [0.25, 0.3) is 11.8 Å². The number of halogens is 1. The highest BCUT2D eigenvalue weighted by atomic mass is 35.5. The van der Waals surface area contributed by atoms with E-state index in [-0.39, 0.29) is 6.54 Å². The summed E-state index contributed by atoms with van der Waals surface area (Å²) in [5.41, 5.74) is 3.07. The van der Waals surface area contributed by atoms with Gasteiger partial charge in [-0.25, -0.2) is 5.43 Å². The molecule has 2 aromatic carbocycles. The topological polar surface area (TPSA) is 89.0 Å². The molecule has 0 aliphatic rings. The van der Waals surface area contributed by atoms with E-state index < -0.39 is 11.8 Å². The summed E-state index contributed by atoms with van der Waals surface area (Å²) in [6.07, 6.45) is 1.46. The average molecular weight is 432 g/mol. The van der Waals surface area contributed by atoms with Gasteiger partial charge in [-0.05, 0) is 29.8 Å². The Balaban J connectivity index is 1.55. The lowest BCUT2D eigenvalue weighted by Crippen LogP contribution is -2.34. The quantitative estimate of drug-likeness (QED) is 0.443. The van der Waals surface area contributed by atoms with Crippen LogP contribution in [0.2, 0.25) is 5.02 Å². The Labute approximate surface area is 176 Å². The lowest BCUT2D eigenvalue weighted by atomic mass is 10.2. The fourth-order valence-electron chi connectivity index (χ4n) is 2.55. The third kappa shape index (κ3) is 4.85. The van der Waals surface area contributed by atoms with E-state index in [2.05, 4.69) is 15.8 Å². The van der Waals surface area contributed by atoms with Gasteiger partial charge in [-0.2, -0.15) is 5.10 Å². The fraction of sp³-hybridized carbons (Fsp3) is 0.150. The molecular formula is C20H18ClN3O4S. The Hall–Kier alpha value is -3.10. The second-order valence-corrected chi connectivity index (χ2v) is 7.26. The van der Waals surface area contributed by atoms with Crippen LogP contribution >= 0.6 is 22.9 Å². The first kappa shape index (κ1) is 20.6. The number of hydrazone groups is 1. The van der Waals surface area contributed by atoms with Crippen molar-refractivity contribution in [2.45, 2.75) is 0 Å². The second kappa shape index (κ2) is 9.40. The summed E-state index contributed by atoms with van der Waals surface area (Å²) in [5.74, 6) is 0.272. The number of benzene rings is 2. The molecule has 0 aliphatic heterocycles. The maximum Gasteiger partial charge on any atom is 0.263 e. The largest absolute Gasteiger partial charge is 0.493 e. The number of amides is 2. The predicted molar refractivity (Wildman–Crippen MR) is 114 cm³/mol. The van der Waals surface area contributed by atoms with Gasteiger partial charge in [0.15, 0.2) is 11.5 Å². The first-order chi connectivity index (χ1) is 14.0. The summed E-state index contributed by atoms with van der Waals surface area (Å²) in [6.45, 7) is -0.229. The highest BCUT2D eigenvalue weighted by molar-refractivity contribution is 7.21. The second-order valence-electron chi connectivity index (χ2n) is 5.83. The molecule has 3 aromatic rings. The van der Waals surface area contributed by atoms with E-state index in [1.807, 2.05) is 24.3 Å². The normalized spacial score (nSPS) is 10.9. The number of hydrogen-bond acceptors (Lipinski definition) is 6. The van der Waals surface area contributed by atoms with Gasteiger partial charge < -0.3 is 14.8 Å². The number of nitrogens with one attached hydrogen (secondary N) is 2. The van der Waals surface area contributed by atoms with Crippen molar-refractivity contribution in [3.8, 4) is 11.5 Å². The summed E-state index contributed by atoms with van der Waals surface area (Å²) in [7, 11) is 3.08. The van der Waals surface area contributed by atoms with E-state index in [0.29, 0.717) is 27.0 Å². The zero-order valence-corrected chi connectivity index (χ0v) is 17.3. The van der Waals surface area contributed by atoms with Crippen LogP contribution in [-0.2, 0) is 4.79 Å². The zero-order valence-electron chi connectivity index (χ0n) is 15.7. The fourth-order valence-corrected chi connectivity index (χ4v) is 3.99. The number of ether oxygens (including phenoxy) is 2. The summed E-state index contributed by atoms with van der Waals surface area (Å²) >= 11 is 7.55. The number of carbonyl (C=O) groups is 2. The molecule has 0 spiro atoms. The van der Waals surface area contributed by atoms with Crippen molar-refractivity contribution in [3.63, 3.8) is 0 Å². The molecule has 3 rings (SSSR count). The minimum absolute atomic E-state index is 0.229. The SMILES string of the molecule is COc1ccc(C=NNC(=O)CNC(=O)c2sc3ccccc3c2Cl)cc1OC. The molecule has 29 heavy (non-hydrogen) atoms. The highest BCUT2D eigenvalue weighted by Crippen LogP contribution is 2.34. The van der Waals surface area contributed by atoms with Crippen LogP contribution in [-0.4, -0.2) is 38.8 Å². The van der Waals surface area contributed by atoms with Crippen LogP contribution in [0.5, 0.6) is 11.5 Å². The highest BCUT2D eigenvalue weighted by Gasteiger charge is 2.17. The minimum atomic E-state index is -0.465. The molecule has 0 aliphatic carbocycles. The number of hydrogen-bond donors (Lipinski definition) is 2. The van der Waals surface area contributed by atoms with Crippen molar-refractivity contribution in [1.82, 2.24) is 10.7 Å². The summed E-state index contributed by atoms with van der Waals surface area (Å²) in [6, 6.07) is 12.7. The number of methoxy groups -OCH3 is 2. The Morgan fingerprint density at radius 2 is 1.90 bits per heavy atom. The van der Waals surface area contributed by atoms with Crippen molar-refractivity contribution >= 4 is 51.1 Å². The maximum atomic E-state index is 12.3. The molecule has 1 aromatic heterocycles. The zero-order chi connectivity index (χ0) is 20.8. The van der Waals surface area contributed by atoms with Crippen LogP contribution in [0.25, 0.3) is 10.1 Å². The van der Waals surface area contributed by atoms with Gasteiger partial charge in [-0.1, -0.05) is 29.8 Å². The van der Waals surface area contributed by atoms with Crippen molar-refractivity contribution in [2.24, 2.45) is 5.10 Å². The van der Waals surface area contributed by atoms with E-state index in [9.17, 15) is 9.59 Å². The van der Waals surface area contributed by atoms with E-state index in [1.54, 1.807) is 25.3 Å². The summed E-state index contributed by atoms with van der Waals surface area (Å²) < 4.78 is 11.3. The Kier molecular flexibility index (Phi) is 6.69. The smallest absolute Gasteiger partial charge is 0.263 e. The third-order valence-electron chi connectivity index (χ3n) is 3.96. The van der Waals surface area contributed by atoms with Gasteiger partial charge in [0, 0.05) is 10.1 Å². The van der Waals surface area contributed by atoms with E-state index in [0.717, 1.165) is 10.1 Å². The third-order valence-corrected chi connectivity index (χ3v) is 5.64. The Morgan fingerprint density at radius 1 is 1.14 bits per heavy atom. The Morgan fingerprint density at radius 3 is 2.62 bits per heavy atom. The van der Waals surface area contributed by atoms with Crippen LogP contribution in [0.1, 0.15) is 15.2 Å². The van der Waals surface area contributed by atoms with E-state index >= 15 is 0 Å². The van der Waals surface area contributed by atoms with Crippen LogP contribution in [0.15, 0.2) is 47.6 Å². The molecule has 0 fully saturated rings. The standard InChI is InChI=1S/C20H18ClN3O4S/c1-27-14-8-7-12(9-15(14)28-2)10-23-24-17(25)11-22-20(26)19-18(21)13-5-3-4-6-16(13)29-19/h3-10H,11H2,1-2H3,(H,22,26)(H,24,25). The first-order valence-corrected chi connectivity index (χ1v) is 9.72. The lowest BCUT2D eigenvalue weighted by molar-refractivity contribution is -0.120. The lowest BCUT2D eigenvalue weighted by Gasteiger charge is -2.07. The number of thiophene rings is 1. The molecule has 9 heteroatoms. The number of nitrogens with zero attached hydrogens (tertiary/aromatic N) is 1.